The number of rotatable bonds is 3. The number of hydrogen-bond acceptors (Lipinski definition) is 3. The molecule has 1 aromatic heterocycles. The summed E-state index contributed by atoms with van der Waals surface area (Å²) in [6.45, 7) is 1.66. The van der Waals surface area contributed by atoms with E-state index in [0.29, 0.717) is 11.4 Å². The molecule has 1 heterocycles. The Hall–Kier alpha value is -1.75. The molecule has 0 fully saturated rings. The molecule has 2 rings (SSSR count). The summed E-state index contributed by atoms with van der Waals surface area (Å²) in [5.41, 5.74) is 0.505. The Balaban J connectivity index is 2.39. The minimum Gasteiger partial charge on any atom is -0.435 e. The quantitative estimate of drug-likeness (QED) is 0.800. The number of alkyl halides is 1. The molecule has 2 aromatic rings. The summed E-state index contributed by atoms with van der Waals surface area (Å²) in [6, 6.07) is 3.67. The van der Waals surface area contributed by atoms with Crippen LogP contribution >= 0.6 is 11.6 Å². The zero-order valence-electron chi connectivity index (χ0n) is 9.45. The van der Waals surface area contributed by atoms with Crippen molar-refractivity contribution in [3.63, 3.8) is 0 Å². The first-order valence-corrected chi connectivity index (χ1v) is 5.65. The summed E-state index contributed by atoms with van der Waals surface area (Å²) in [6.07, 6.45) is 1.49. The van der Waals surface area contributed by atoms with Crippen molar-refractivity contribution in [2.45, 2.75) is 12.8 Å². The number of hydrogen-bond donors (Lipinski definition) is 0. The van der Waals surface area contributed by atoms with E-state index < -0.39 is 11.6 Å². The summed E-state index contributed by atoms with van der Waals surface area (Å²) in [4.78, 5) is 7.95. The highest BCUT2D eigenvalue weighted by molar-refractivity contribution is 6.17. The molecule has 0 spiro atoms. The fraction of sp³-hybridized carbons (Fsp3) is 0.167. The van der Waals surface area contributed by atoms with E-state index in [-0.39, 0.29) is 17.5 Å². The third-order valence-electron chi connectivity index (χ3n) is 2.21. The molecule has 0 bridgehead atoms. The van der Waals surface area contributed by atoms with Crippen LogP contribution < -0.4 is 4.74 Å². The summed E-state index contributed by atoms with van der Waals surface area (Å²) in [5.74, 6) is -1.58. The molecule has 0 unspecified atom stereocenters. The highest BCUT2D eigenvalue weighted by Gasteiger charge is 2.13. The van der Waals surface area contributed by atoms with Gasteiger partial charge in [-0.2, -0.15) is 9.37 Å². The minimum absolute atomic E-state index is 0.118. The van der Waals surface area contributed by atoms with Crippen LogP contribution in [0.1, 0.15) is 11.4 Å². The summed E-state index contributed by atoms with van der Waals surface area (Å²) < 4.78 is 31.7. The van der Waals surface area contributed by atoms with Crippen molar-refractivity contribution in [3.05, 3.63) is 47.4 Å². The number of halogens is 3. The third-order valence-corrected chi connectivity index (χ3v) is 2.50. The van der Waals surface area contributed by atoms with Crippen LogP contribution in [0.3, 0.4) is 0 Å². The van der Waals surface area contributed by atoms with Crippen LogP contribution in [0.15, 0.2) is 24.4 Å². The number of aryl methyl sites for hydroxylation is 1. The lowest BCUT2D eigenvalue weighted by molar-refractivity contribution is 0.401. The zero-order chi connectivity index (χ0) is 13.1. The molecule has 0 N–H and O–H groups in total. The first kappa shape index (κ1) is 12.7. The number of benzene rings is 1. The SMILES string of the molecule is Cc1ncc(CCl)c(Oc2cccc(F)c2F)n1. The largest absolute Gasteiger partial charge is 0.435 e. The Morgan fingerprint density at radius 3 is 2.83 bits per heavy atom. The molecule has 0 aliphatic rings. The molecule has 0 atom stereocenters. The molecule has 94 valence electrons. The molecule has 1 aromatic carbocycles. The van der Waals surface area contributed by atoms with Crippen LogP contribution in [-0.2, 0) is 5.88 Å². The van der Waals surface area contributed by atoms with Gasteiger partial charge in [-0.1, -0.05) is 6.07 Å². The third kappa shape index (κ3) is 2.56. The normalized spacial score (nSPS) is 10.4. The molecule has 0 saturated heterocycles. The molecular weight excluding hydrogens is 262 g/mol. The number of nitrogens with zero attached hydrogens (tertiary/aromatic N) is 2. The molecular formula is C12H9ClF2N2O. The lowest BCUT2D eigenvalue weighted by Gasteiger charge is -2.09. The summed E-state index contributed by atoms with van der Waals surface area (Å²) in [7, 11) is 0. The summed E-state index contributed by atoms with van der Waals surface area (Å²) >= 11 is 5.69. The molecule has 6 heteroatoms. The maximum absolute atomic E-state index is 13.4. The van der Waals surface area contributed by atoms with Crippen LogP contribution in [0, 0.1) is 18.6 Å². The summed E-state index contributed by atoms with van der Waals surface area (Å²) in [5, 5.41) is 0. The predicted molar refractivity (Wildman–Crippen MR) is 62.8 cm³/mol. The van der Waals surface area contributed by atoms with Gasteiger partial charge in [-0.3, -0.25) is 0 Å². The average Bonchev–Trinajstić information content (AvgIpc) is 2.35. The lowest BCUT2D eigenvalue weighted by Crippen LogP contribution is -1.99. The Labute approximate surface area is 107 Å². The van der Waals surface area contributed by atoms with Crippen LogP contribution in [0.5, 0.6) is 11.6 Å². The second-order valence-electron chi connectivity index (χ2n) is 3.54. The second kappa shape index (κ2) is 5.27. The molecule has 0 aliphatic carbocycles. The maximum atomic E-state index is 13.4. The van der Waals surface area contributed by atoms with E-state index >= 15 is 0 Å². The first-order valence-electron chi connectivity index (χ1n) is 5.12. The maximum Gasteiger partial charge on any atom is 0.227 e. The van der Waals surface area contributed by atoms with Crippen molar-refractivity contribution >= 4 is 11.6 Å². The van der Waals surface area contributed by atoms with Crippen LogP contribution in [0.2, 0.25) is 0 Å². The van der Waals surface area contributed by atoms with E-state index in [0.717, 1.165) is 6.07 Å². The van der Waals surface area contributed by atoms with Crippen molar-refractivity contribution < 1.29 is 13.5 Å². The van der Waals surface area contributed by atoms with Gasteiger partial charge in [-0.05, 0) is 19.1 Å². The van der Waals surface area contributed by atoms with Crippen molar-refractivity contribution in [2.75, 3.05) is 0 Å². The Morgan fingerprint density at radius 1 is 1.33 bits per heavy atom. The fourth-order valence-electron chi connectivity index (χ4n) is 1.32. The minimum atomic E-state index is -1.06. The molecule has 3 nitrogen and oxygen atoms in total. The van der Waals surface area contributed by atoms with Gasteiger partial charge in [0.1, 0.15) is 5.82 Å². The van der Waals surface area contributed by atoms with E-state index in [1.54, 1.807) is 6.92 Å². The highest BCUT2D eigenvalue weighted by Crippen LogP contribution is 2.27. The monoisotopic (exact) mass is 270 g/mol. The fourth-order valence-corrected chi connectivity index (χ4v) is 1.50. The number of aromatic nitrogens is 2. The van der Waals surface area contributed by atoms with E-state index in [4.69, 9.17) is 16.3 Å². The molecule has 0 saturated carbocycles. The smallest absolute Gasteiger partial charge is 0.227 e. The highest BCUT2D eigenvalue weighted by atomic mass is 35.5. The molecule has 0 radical (unpaired) electrons. The predicted octanol–water partition coefficient (Wildman–Crippen LogP) is 3.59. The van der Waals surface area contributed by atoms with Gasteiger partial charge in [0.15, 0.2) is 11.6 Å². The van der Waals surface area contributed by atoms with Gasteiger partial charge >= 0.3 is 0 Å². The van der Waals surface area contributed by atoms with Crippen molar-refractivity contribution in [2.24, 2.45) is 0 Å². The molecule has 0 aliphatic heterocycles. The average molecular weight is 271 g/mol. The standard InChI is InChI=1S/C12H9ClF2N2O/c1-7-16-6-8(5-13)12(17-7)18-10-4-2-3-9(14)11(10)15/h2-4,6H,5H2,1H3. The van der Waals surface area contributed by atoms with Crippen molar-refractivity contribution in [1.82, 2.24) is 9.97 Å². The van der Waals surface area contributed by atoms with Gasteiger partial charge in [0.2, 0.25) is 11.7 Å². The van der Waals surface area contributed by atoms with E-state index in [1.165, 1.54) is 18.3 Å². The topological polar surface area (TPSA) is 35.0 Å². The van der Waals surface area contributed by atoms with E-state index in [9.17, 15) is 8.78 Å². The first-order chi connectivity index (χ1) is 8.61. The van der Waals surface area contributed by atoms with Crippen LogP contribution in [-0.4, -0.2) is 9.97 Å². The van der Waals surface area contributed by atoms with E-state index in [2.05, 4.69) is 9.97 Å². The Kier molecular flexibility index (Phi) is 3.72. The zero-order valence-corrected chi connectivity index (χ0v) is 10.2. The van der Waals surface area contributed by atoms with Crippen molar-refractivity contribution in [3.8, 4) is 11.6 Å². The Bertz CT molecular complexity index is 578. The van der Waals surface area contributed by atoms with Crippen molar-refractivity contribution in [1.29, 1.82) is 0 Å². The van der Waals surface area contributed by atoms with Gasteiger partial charge < -0.3 is 4.74 Å². The molecule has 18 heavy (non-hydrogen) atoms. The second-order valence-corrected chi connectivity index (χ2v) is 3.80. The Morgan fingerprint density at radius 2 is 2.11 bits per heavy atom. The molecule has 0 amide bonds. The van der Waals surface area contributed by atoms with Crippen LogP contribution in [0.25, 0.3) is 0 Å². The number of ether oxygens (including phenoxy) is 1. The van der Waals surface area contributed by atoms with Gasteiger partial charge in [-0.15, -0.1) is 11.6 Å². The van der Waals surface area contributed by atoms with E-state index in [1.807, 2.05) is 0 Å². The van der Waals surface area contributed by atoms with Gasteiger partial charge in [0.05, 0.1) is 5.88 Å². The van der Waals surface area contributed by atoms with Gasteiger partial charge in [0.25, 0.3) is 0 Å². The van der Waals surface area contributed by atoms with Gasteiger partial charge in [0, 0.05) is 11.8 Å². The lowest BCUT2D eigenvalue weighted by atomic mass is 10.3. The van der Waals surface area contributed by atoms with Gasteiger partial charge in [-0.25, -0.2) is 9.37 Å². The van der Waals surface area contributed by atoms with Crippen LogP contribution in [0.4, 0.5) is 8.78 Å².